The summed E-state index contributed by atoms with van der Waals surface area (Å²) >= 11 is 5.89. The third-order valence-corrected chi connectivity index (χ3v) is 7.20. The average molecular weight is 440 g/mol. The number of benzene rings is 1. The van der Waals surface area contributed by atoms with E-state index in [4.69, 9.17) is 16.3 Å². The molecule has 9 heteroatoms. The molecule has 0 atom stereocenters. The van der Waals surface area contributed by atoms with Gasteiger partial charge < -0.3 is 14.2 Å². The summed E-state index contributed by atoms with van der Waals surface area (Å²) in [5.74, 6) is -0.271. The highest BCUT2D eigenvalue weighted by molar-refractivity contribution is 7.89. The van der Waals surface area contributed by atoms with Gasteiger partial charge in [-0.15, -0.1) is 0 Å². The van der Waals surface area contributed by atoms with Crippen LogP contribution in [0.2, 0.25) is 5.02 Å². The first-order valence-electron chi connectivity index (χ1n) is 9.49. The predicted octanol–water partition coefficient (Wildman–Crippen LogP) is 2.29. The minimum absolute atomic E-state index is 0.0603. The van der Waals surface area contributed by atoms with Gasteiger partial charge in [-0.3, -0.25) is 4.79 Å². The van der Waals surface area contributed by atoms with Gasteiger partial charge in [-0.2, -0.15) is 0 Å². The SMILES string of the molecule is Cc1c(C(=O)N2CCOCC2)c(S(=O)(=O)NCCc2ccc(Cl)cc2)c(C)n1C. The van der Waals surface area contributed by atoms with Gasteiger partial charge in [0, 0.05) is 43.1 Å². The highest BCUT2D eigenvalue weighted by Gasteiger charge is 2.33. The lowest BCUT2D eigenvalue weighted by molar-refractivity contribution is 0.0300. The molecule has 1 amide bonds. The molecule has 1 saturated heterocycles. The molecule has 0 bridgehead atoms. The Kier molecular flexibility index (Phi) is 6.68. The first kappa shape index (κ1) is 21.8. The van der Waals surface area contributed by atoms with Crippen molar-refractivity contribution >= 4 is 27.5 Å². The molecule has 7 nitrogen and oxygen atoms in total. The van der Waals surface area contributed by atoms with Crippen molar-refractivity contribution < 1.29 is 17.9 Å². The lowest BCUT2D eigenvalue weighted by atomic mass is 10.2. The molecule has 1 aromatic heterocycles. The third kappa shape index (κ3) is 4.66. The Bertz CT molecular complexity index is 994. The summed E-state index contributed by atoms with van der Waals surface area (Å²) in [7, 11) is -2.09. The molecule has 1 aliphatic heterocycles. The van der Waals surface area contributed by atoms with Crippen molar-refractivity contribution in [2.75, 3.05) is 32.8 Å². The fourth-order valence-electron chi connectivity index (χ4n) is 3.48. The number of amides is 1. The molecule has 1 N–H and O–H groups in total. The fraction of sp³-hybridized carbons (Fsp3) is 0.450. The van der Waals surface area contributed by atoms with Crippen LogP contribution in [0.1, 0.15) is 27.3 Å². The van der Waals surface area contributed by atoms with Gasteiger partial charge in [-0.1, -0.05) is 23.7 Å². The molecule has 3 rings (SSSR count). The number of nitrogens with one attached hydrogen (secondary N) is 1. The van der Waals surface area contributed by atoms with Gasteiger partial charge >= 0.3 is 0 Å². The van der Waals surface area contributed by atoms with Crippen LogP contribution in [0.4, 0.5) is 0 Å². The zero-order chi connectivity index (χ0) is 21.2. The van der Waals surface area contributed by atoms with Crippen LogP contribution in [0, 0.1) is 13.8 Å². The molecule has 0 spiro atoms. The van der Waals surface area contributed by atoms with E-state index in [9.17, 15) is 13.2 Å². The number of hydrogen-bond donors (Lipinski definition) is 1. The third-order valence-electron chi connectivity index (χ3n) is 5.32. The Labute approximate surface area is 176 Å². The van der Waals surface area contributed by atoms with Gasteiger partial charge in [0.05, 0.1) is 18.8 Å². The lowest BCUT2D eigenvalue weighted by Gasteiger charge is -2.27. The molecular weight excluding hydrogens is 414 g/mol. The molecule has 29 heavy (non-hydrogen) atoms. The number of carbonyl (C=O) groups is 1. The van der Waals surface area contributed by atoms with Gasteiger partial charge in [0.25, 0.3) is 5.91 Å². The minimum atomic E-state index is -3.86. The van der Waals surface area contributed by atoms with Crippen molar-refractivity contribution in [3.05, 3.63) is 51.8 Å². The number of hydrogen-bond acceptors (Lipinski definition) is 4. The van der Waals surface area contributed by atoms with Gasteiger partial charge in [0.1, 0.15) is 4.90 Å². The monoisotopic (exact) mass is 439 g/mol. The van der Waals surface area contributed by atoms with Crippen molar-refractivity contribution in [3.63, 3.8) is 0 Å². The standard InChI is InChI=1S/C20H26ClN3O4S/c1-14-18(20(25)24-10-12-28-13-11-24)19(15(2)23(14)3)29(26,27)22-9-8-16-4-6-17(21)7-5-16/h4-7,22H,8-13H2,1-3H3. The van der Waals surface area contributed by atoms with Crippen LogP contribution in [-0.4, -0.2) is 56.6 Å². The number of sulfonamides is 1. The van der Waals surface area contributed by atoms with Gasteiger partial charge in [0.2, 0.25) is 10.0 Å². The molecule has 2 heterocycles. The lowest BCUT2D eigenvalue weighted by Crippen LogP contribution is -2.41. The highest BCUT2D eigenvalue weighted by Crippen LogP contribution is 2.27. The minimum Gasteiger partial charge on any atom is -0.378 e. The average Bonchev–Trinajstić information content (AvgIpc) is 2.94. The summed E-state index contributed by atoms with van der Waals surface area (Å²) in [6, 6.07) is 7.27. The number of halogens is 1. The molecule has 1 fully saturated rings. The summed E-state index contributed by atoms with van der Waals surface area (Å²) in [5, 5.41) is 0.635. The summed E-state index contributed by atoms with van der Waals surface area (Å²) in [6.45, 7) is 5.54. The predicted molar refractivity (Wildman–Crippen MR) is 112 cm³/mol. The number of nitrogens with zero attached hydrogens (tertiary/aromatic N) is 2. The van der Waals surface area contributed by atoms with Gasteiger partial charge in [0.15, 0.2) is 0 Å². The van der Waals surface area contributed by atoms with E-state index in [2.05, 4.69) is 4.72 Å². The number of carbonyl (C=O) groups excluding carboxylic acids is 1. The second-order valence-corrected chi connectivity index (χ2v) is 9.25. The van der Waals surface area contributed by atoms with Crippen molar-refractivity contribution in [3.8, 4) is 0 Å². The van der Waals surface area contributed by atoms with Crippen molar-refractivity contribution in [1.29, 1.82) is 0 Å². The van der Waals surface area contributed by atoms with Gasteiger partial charge in [-0.05, 0) is 38.0 Å². The largest absolute Gasteiger partial charge is 0.378 e. The number of aromatic nitrogens is 1. The molecule has 1 aliphatic rings. The maximum Gasteiger partial charge on any atom is 0.257 e. The van der Waals surface area contributed by atoms with E-state index < -0.39 is 10.0 Å². The normalized spacial score (nSPS) is 15.0. The topological polar surface area (TPSA) is 80.6 Å². The van der Waals surface area contributed by atoms with E-state index in [1.807, 2.05) is 12.1 Å². The number of ether oxygens (including phenoxy) is 1. The molecule has 1 aromatic carbocycles. The molecule has 0 unspecified atom stereocenters. The van der Waals surface area contributed by atoms with E-state index in [1.165, 1.54) is 0 Å². The Morgan fingerprint density at radius 1 is 1.14 bits per heavy atom. The molecule has 0 aliphatic carbocycles. The van der Waals surface area contributed by atoms with Crippen molar-refractivity contribution in [2.24, 2.45) is 7.05 Å². The van der Waals surface area contributed by atoms with Crippen LogP contribution in [0.15, 0.2) is 29.2 Å². The Morgan fingerprint density at radius 2 is 1.76 bits per heavy atom. The zero-order valence-electron chi connectivity index (χ0n) is 16.9. The second kappa shape index (κ2) is 8.87. The Hall–Kier alpha value is -1.87. The van der Waals surface area contributed by atoms with Crippen molar-refractivity contribution in [1.82, 2.24) is 14.2 Å². The Morgan fingerprint density at radius 3 is 2.38 bits per heavy atom. The maximum atomic E-state index is 13.1. The number of rotatable bonds is 6. The summed E-state index contributed by atoms with van der Waals surface area (Å²) in [5.41, 5.74) is 2.39. The van der Waals surface area contributed by atoms with Crippen LogP contribution in [-0.2, 0) is 28.2 Å². The van der Waals surface area contributed by atoms with Gasteiger partial charge in [-0.25, -0.2) is 13.1 Å². The molecule has 0 radical (unpaired) electrons. The van der Waals surface area contributed by atoms with Crippen LogP contribution in [0.25, 0.3) is 0 Å². The molecular formula is C20H26ClN3O4S. The summed E-state index contributed by atoms with van der Waals surface area (Å²) in [4.78, 5) is 14.8. The van der Waals surface area contributed by atoms with E-state index in [-0.39, 0.29) is 22.9 Å². The first-order chi connectivity index (χ1) is 13.7. The molecule has 0 saturated carbocycles. The maximum absolute atomic E-state index is 13.1. The van der Waals surface area contributed by atoms with Crippen LogP contribution >= 0.6 is 11.6 Å². The second-order valence-electron chi connectivity index (χ2n) is 7.11. The van der Waals surface area contributed by atoms with E-state index in [0.29, 0.717) is 49.1 Å². The summed E-state index contributed by atoms with van der Waals surface area (Å²) < 4.78 is 36.0. The van der Waals surface area contributed by atoms with Crippen LogP contribution in [0.3, 0.4) is 0 Å². The first-order valence-corrected chi connectivity index (χ1v) is 11.4. The zero-order valence-corrected chi connectivity index (χ0v) is 18.4. The van der Waals surface area contributed by atoms with E-state index >= 15 is 0 Å². The van der Waals surface area contributed by atoms with Crippen LogP contribution < -0.4 is 4.72 Å². The van der Waals surface area contributed by atoms with E-state index in [0.717, 1.165) is 5.56 Å². The molecule has 2 aromatic rings. The quantitative estimate of drug-likeness (QED) is 0.748. The summed E-state index contributed by atoms with van der Waals surface area (Å²) in [6.07, 6.45) is 0.522. The van der Waals surface area contributed by atoms with E-state index in [1.54, 1.807) is 42.5 Å². The number of morpholine rings is 1. The van der Waals surface area contributed by atoms with Crippen molar-refractivity contribution in [2.45, 2.75) is 25.2 Å². The molecule has 158 valence electrons. The Balaban J connectivity index is 1.84. The smallest absolute Gasteiger partial charge is 0.257 e. The fourth-order valence-corrected chi connectivity index (χ4v) is 5.15. The van der Waals surface area contributed by atoms with Crippen LogP contribution in [0.5, 0.6) is 0 Å². The highest BCUT2D eigenvalue weighted by atomic mass is 35.5.